The third-order valence-electron chi connectivity index (χ3n) is 4.67. The Balaban J connectivity index is 2.05. The van der Waals surface area contributed by atoms with Gasteiger partial charge in [-0.1, -0.05) is 23.7 Å². The van der Waals surface area contributed by atoms with Crippen LogP contribution in [0.5, 0.6) is 0 Å². The van der Waals surface area contributed by atoms with Crippen molar-refractivity contribution >= 4 is 34.8 Å². The van der Waals surface area contributed by atoms with Crippen molar-refractivity contribution in [1.29, 1.82) is 0 Å². The molecule has 2 heterocycles. The zero-order chi connectivity index (χ0) is 20.5. The summed E-state index contributed by atoms with van der Waals surface area (Å²) in [5.41, 5.74) is 0.415. The number of aliphatic hydroxyl groups is 1. The van der Waals surface area contributed by atoms with Crippen molar-refractivity contribution in [3.05, 3.63) is 47.2 Å². The van der Waals surface area contributed by atoms with Gasteiger partial charge in [0.05, 0.1) is 24.7 Å². The third-order valence-corrected chi connectivity index (χ3v) is 4.92. The second kappa shape index (κ2) is 7.73. The highest BCUT2D eigenvalue weighted by molar-refractivity contribution is 6.30. The van der Waals surface area contributed by atoms with Gasteiger partial charge in [0.15, 0.2) is 0 Å². The minimum Gasteiger partial charge on any atom is -0.394 e. The van der Waals surface area contributed by atoms with E-state index in [1.807, 2.05) is 0 Å². The van der Waals surface area contributed by atoms with E-state index in [4.69, 9.17) is 11.6 Å². The van der Waals surface area contributed by atoms with Crippen molar-refractivity contribution in [2.75, 3.05) is 11.6 Å². The van der Waals surface area contributed by atoms with E-state index >= 15 is 0 Å². The molecule has 8 nitrogen and oxygen atoms in total. The Labute approximate surface area is 167 Å². The zero-order valence-electron chi connectivity index (χ0n) is 15.9. The molecular weight excluding hydrogens is 382 g/mol. The topological polar surface area (TPSA) is 99.8 Å². The Bertz CT molecular complexity index is 924. The van der Waals surface area contributed by atoms with Crippen LogP contribution in [-0.2, 0) is 16.6 Å². The number of amides is 2. The molecule has 2 amide bonds. The number of aryl methyl sites for hydroxylation is 1. The standard InChI is InChI=1S/C19H22ClN5O3/c1-12(11-26)22-17(27)19(2)8-16(13-4-6-14(20)7-5-13)23-25(18(19)28)15-9-21-24(3)10-15/h4-7,9-10,12,26H,8,11H2,1-3H3,(H,22,27)/t12-,19?/m1/s1. The van der Waals surface area contributed by atoms with E-state index in [2.05, 4.69) is 15.5 Å². The number of carbonyl (C=O) groups excluding carboxylic acids is 2. The molecule has 0 radical (unpaired) electrons. The number of anilines is 1. The van der Waals surface area contributed by atoms with Gasteiger partial charge in [-0.3, -0.25) is 14.3 Å². The van der Waals surface area contributed by atoms with Crippen LogP contribution in [0.3, 0.4) is 0 Å². The van der Waals surface area contributed by atoms with Crippen LogP contribution in [0.2, 0.25) is 5.02 Å². The molecule has 0 spiro atoms. The molecule has 148 valence electrons. The fraction of sp³-hybridized carbons (Fsp3) is 0.368. The molecular formula is C19H22ClN5O3. The maximum atomic E-state index is 13.2. The highest BCUT2D eigenvalue weighted by Gasteiger charge is 2.48. The lowest BCUT2D eigenvalue weighted by Crippen LogP contribution is -2.55. The van der Waals surface area contributed by atoms with E-state index in [0.717, 1.165) is 5.56 Å². The number of halogens is 1. The summed E-state index contributed by atoms with van der Waals surface area (Å²) in [6.45, 7) is 3.03. The van der Waals surface area contributed by atoms with Crippen LogP contribution >= 0.6 is 11.6 Å². The average Bonchev–Trinajstić information content (AvgIpc) is 3.10. The first-order valence-corrected chi connectivity index (χ1v) is 9.21. The van der Waals surface area contributed by atoms with Gasteiger partial charge < -0.3 is 10.4 Å². The summed E-state index contributed by atoms with van der Waals surface area (Å²) in [5, 5.41) is 22.3. The average molecular weight is 404 g/mol. The number of rotatable bonds is 5. The number of hydrogen-bond acceptors (Lipinski definition) is 5. The lowest BCUT2D eigenvalue weighted by Gasteiger charge is -2.36. The quantitative estimate of drug-likeness (QED) is 0.742. The first-order chi connectivity index (χ1) is 13.2. The summed E-state index contributed by atoms with van der Waals surface area (Å²) >= 11 is 5.98. The van der Waals surface area contributed by atoms with E-state index in [1.165, 1.54) is 11.2 Å². The van der Waals surface area contributed by atoms with Crippen LogP contribution in [0, 0.1) is 5.41 Å². The first kappa shape index (κ1) is 20.0. The fourth-order valence-electron chi connectivity index (χ4n) is 2.95. The maximum absolute atomic E-state index is 13.2. The monoisotopic (exact) mass is 403 g/mol. The molecule has 1 aliphatic rings. The molecule has 9 heteroatoms. The van der Waals surface area contributed by atoms with Gasteiger partial charge >= 0.3 is 0 Å². The molecule has 2 N–H and O–H groups in total. The number of hydrazone groups is 1. The maximum Gasteiger partial charge on any atom is 0.263 e. The molecule has 1 aromatic heterocycles. The third kappa shape index (κ3) is 3.79. The Kier molecular flexibility index (Phi) is 5.53. The first-order valence-electron chi connectivity index (χ1n) is 8.83. The highest BCUT2D eigenvalue weighted by Crippen LogP contribution is 2.34. The number of aliphatic hydroxyl groups excluding tert-OH is 1. The summed E-state index contributed by atoms with van der Waals surface area (Å²) < 4.78 is 1.56. The summed E-state index contributed by atoms with van der Waals surface area (Å²) in [7, 11) is 1.73. The van der Waals surface area contributed by atoms with Crippen molar-refractivity contribution in [3.63, 3.8) is 0 Å². The van der Waals surface area contributed by atoms with Crippen LogP contribution in [0.1, 0.15) is 25.8 Å². The molecule has 0 aliphatic carbocycles. The molecule has 1 aromatic carbocycles. The van der Waals surface area contributed by atoms with Crippen LogP contribution in [0.25, 0.3) is 0 Å². The zero-order valence-corrected chi connectivity index (χ0v) is 16.6. The number of aromatic nitrogens is 2. The minimum atomic E-state index is -1.39. The van der Waals surface area contributed by atoms with Crippen molar-refractivity contribution in [2.45, 2.75) is 26.3 Å². The molecule has 0 bridgehead atoms. The number of nitrogens with zero attached hydrogens (tertiary/aromatic N) is 4. The van der Waals surface area contributed by atoms with Crippen molar-refractivity contribution < 1.29 is 14.7 Å². The summed E-state index contributed by atoms with van der Waals surface area (Å²) in [6, 6.07) is 6.59. The summed E-state index contributed by atoms with van der Waals surface area (Å²) in [5.74, 6) is -0.921. The Morgan fingerprint density at radius 1 is 1.39 bits per heavy atom. The molecule has 1 aliphatic heterocycles. The van der Waals surface area contributed by atoms with Gasteiger partial charge in [0.1, 0.15) is 11.1 Å². The molecule has 2 atom stereocenters. The van der Waals surface area contributed by atoms with Gasteiger partial charge in [-0.15, -0.1) is 0 Å². The van der Waals surface area contributed by atoms with Gasteiger partial charge in [-0.25, -0.2) is 0 Å². The van der Waals surface area contributed by atoms with Crippen molar-refractivity contribution in [3.8, 4) is 0 Å². The Hall–Kier alpha value is -2.71. The highest BCUT2D eigenvalue weighted by atomic mass is 35.5. The molecule has 2 aromatic rings. The molecule has 0 saturated carbocycles. The number of carbonyl (C=O) groups is 2. The van der Waals surface area contributed by atoms with E-state index in [1.54, 1.807) is 56.0 Å². The van der Waals surface area contributed by atoms with Crippen LogP contribution < -0.4 is 10.3 Å². The smallest absolute Gasteiger partial charge is 0.263 e. The predicted octanol–water partition coefficient (Wildman–Crippen LogP) is 1.72. The Morgan fingerprint density at radius 2 is 2.07 bits per heavy atom. The van der Waals surface area contributed by atoms with Crippen LogP contribution in [-0.4, -0.2) is 45.1 Å². The summed E-state index contributed by atoms with van der Waals surface area (Å²) in [4.78, 5) is 26.2. The Morgan fingerprint density at radius 3 is 2.64 bits per heavy atom. The second-order valence-corrected chi connectivity index (χ2v) is 7.55. The SMILES string of the molecule is C[C@H](CO)NC(=O)C1(C)CC(c2ccc(Cl)cc2)=NN(c2cnn(C)c2)C1=O. The summed E-state index contributed by atoms with van der Waals surface area (Å²) in [6.07, 6.45) is 3.29. The second-order valence-electron chi connectivity index (χ2n) is 7.11. The fourth-order valence-corrected chi connectivity index (χ4v) is 3.07. The molecule has 28 heavy (non-hydrogen) atoms. The predicted molar refractivity (Wildman–Crippen MR) is 106 cm³/mol. The van der Waals surface area contributed by atoms with E-state index in [0.29, 0.717) is 16.4 Å². The minimum absolute atomic E-state index is 0.119. The van der Waals surface area contributed by atoms with Gasteiger partial charge in [-0.2, -0.15) is 15.2 Å². The molecule has 1 unspecified atom stereocenters. The van der Waals surface area contributed by atoms with Crippen LogP contribution in [0.4, 0.5) is 5.69 Å². The van der Waals surface area contributed by atoms with E-state index in [9.17, 15) is 14.7 Å². The normalized spacial score (nSPS) is 20.7. The molecule has 3 rings (SSSR count). The lowest BCUT2D eigenvalue weighted by atomic mass is 9.79. The number of nitrogens with one attached hydrogen (secondary N) is 1. The number of hydrogen-bond donors (Lipinski definition) is 2. The van der Waals surface area contributed by atoms with Crippen molar-refractivity contribution in [1.82, 2.24) is 15.1 Å². The van der Waals surface area contributed by atoms with Crippen molar-refractivity contribution in [2.24, 2.45) is 17.6 Å². The molecule has 0 saturated heterocycles. The lowest BCUT2D eigenvalue weighted by molar-refractivity contribution is -0.141. The largest absolute Gasteiger partial charge is 0.394 e. The van der Waals surface area contributed by atoms with Gasteiger partial charge in [0, 0.05) is 24.5 Å². The van der Waals surface area contributed by atoms with Gasteiger partial charge in [0.25, 0.3) is 5.91 Å². The van der Waals surface area contributed by atoms with Crippen LogP contribution in [0.15, 0.2) is 41.8 Å². The van der Waals surface area contributed by atoms with Gasteiger partial charge in [-0.05, 0) is 31.5 Å². The molecule has 0 fully saturated rings. The number of benzene rings is 1. The van der Waals surface area contributed by atoms with E-state index in [-0.39, 0.29) is 13.0 Å². The van der Waals surface area contributed by atoms with Gasteiger partial charge in [0.2, 0.25) is 5.91 Å². The van der Waals surface area contributed by atoms with E-state index < -0.39 is 23.3 Å².